The van der Waals surface area contributed by atoms with Gasteiger partial charge in [-0.15, -0.1) is 0 Å². The van der Waals surface area contributed by atoms with Crippen LogP contribution >= 0.6 is 0 Å². The summed E-state index contributed by atoms with van der Waals surface area (Å²) in [6.07, 6.45) is 0.456. The number of ether oxygens (including phenoxy) is 3. The molecule has 0 aliphatic carbocycles. The van der Waals surface area contributed by atoms with Crippen molar-refractivity contribution in [3.05, 3.63) is 65.7 Å². The van der Waals surface area contributed by atoms with Crippen LogP contribution in [0.25, 0.3) is 0 Å². The monoisotopic (exact) mass is 342 g/mol. The average molecular weight is 342 g/mol. The van der Waals surface area contributed by atoms with Gasteiger partial charge in [0.05, 0.1) is 13.7 Å². The average Bonchev–Trinajstić information content (AvgIpc) is 2.67. The van der Waals surface area contributed by atoms with Crippen molar-refractivity contribution in [1.29, 1.82) is 0 Å². The summed E-state index contributed by atoms with van der Waals surface area (Å²) < 4.78 is 15.9. The van der Waals surface area contributed by atoms with E-state index in [-0.39, 0.29) is 6.61 Å². The normalized spacial score (nSPS) is 12.8. The van der Waals surface area contributed by atoms with Gasteiger partial charge in [-0.1, -0.05) is 42.5 Å². The molecule has 5 heteroatoms. The third-order valence-corrected chi connectivity index (χ3v) is 3.89. The van der Waals surface area contributed by atoms with Gasteiger partial charge in [0.25, 0.3) is 6.47 Å². The Labute approximate surface area is 147 Å². The molecule has 0 fully saturated rings. The zero-order valence-electron chi connectivity index (χ0n) is 14.2. The van der Waals surface area contributed by atoms with Crippen molar-refractivity contribution < 1.29 is 23.8 Å². The molecule has 0 spiro atoms. The minimum atomic E-state index is -0.809. The van der Waals surface area contributed by atoms with E-state index in [4.69, 9.17) is 14.2 Å². The summed E-state index contributed by atoms with van der Waals surface area (Å²) in [5, 5.41) is 0. The van der Waals surface area contributed by atoms with Crippen molar-refractivity contribution in [3.63, 3.8) is 0 Å². The summed E-state index contributed by atoms with van der Waals surface area (Å²) in [6, 6.07) is 17.2. The Hall–Kier alpha value is -2.66. The van der Waals surface area contributed by atoms with Crippen molar-refractivity contribution in [2.75, 3.05) is 7.11 Å². The molecule has 0 radical (unpaired) electrons. The van der Waals surface area contributed by atoms with Gasteiger partial charge in [-0.05, 0) is 36.1 Å². The molecule has 0 aromatic heterocycles. The molecule has 0 saturated carbocycles. The van der Waals surface area contributed by atoms with Gasteiger partial charge in [0, 0.05) is 0 Å². The predicted molar refractivity (Wildman–Crippen MR) is 93.3 cm³/mol. The zero-order valence-corrected chi connectivity index (χ0v) is 14.2. The van der Waals surface area contributed by atoms with Gasteiger partial charge in [-0.25, -0.2) is 0 Å². The van der Waals surface area contributed by atoms with Crippen molar-refractivity contribution in [1.82, 2.24) is 0 Å². The first-order valence-corrected chi connectivity index (χ1v) is 8.09. The maximum atomic E-state index is 11.4. The molecule has 0 aliphatic heterocycles. The largest absolute Gasteiger partial charge is 0.497 e. The van der Waals surface area contributed by atoms with Crippen molar-refractivity contribution in [3.8, 4) is 5.75 Å². The molecule has 5 nitrogen and oxygen atoms in total. The number of rotatable bonds is 11. The molecule has 0 saturated heterocycles. The topological polar surface area (TPSA) is 61.8 Å². The van der Waals surface area contributed by atoms with Crippen LogP contribution in [-0.2, 0) is 32.1 Å². The van der Waals surface area contributed by atoms with E-state index in [1.54, 1.807) is 7.11 Å². The van der Waals surface area contributed by atoms with Crippen LogP contribution in [0.15, 0.2) is 54.6 Å². The van der Waals surface area contributed by atoms with E-state index in [0.29, 0.717) is 25.6 Å². The quantitative estimate of drug-likeness (QED) is 0.588. The van der Waals surface area contributed by atoms with Crippen LogP contribution in [0, 0.1) is 0 Å². The third kappa shape index (κ3) is 6.04. The lowest BCUT2D eigenvalue weighted by atomic mass is 10.0. The van der Waals surface area contributed by atoms with Gasteiger partial charge < -0.3 is 19.0 Å². The smallest absolute Gasteiger partial charge is 0.293 e. The van der Waals surface area contributed by atoms with Crippen molar-refractivity contribution in [2.24, 2.45) is 0 Å². The van der Waals surface area contributed by atoms with Gasteiger partial charge in [0.2, 0.25) is 0 Å². The molecule has 2 aromatic carbocycles. The van der Waals surface area contributed by atoms with E-state index in [1.165, 1.54) is 0 Å². The van der Waals surface area contributed by atoms with E-state index in [0.717, 1.165) is 16.9 Å². The molecular weight excluding hydrogens is 320 g/mol. The van der Waals surface area contributed by atoms with Gasteiger partial charge >= 0.3 is 0 Å². The lowest BCUT2D eigenvalue weighted by molar-refractivity contribution is -0.147. The summed E-state index contributed by atoms with van der Waals surface area (Å²) in [5.74, 6) is 0.751. The summed E-state index contributed by atoms with van der Waals surface area (Å²) in [6.45, 7) is 0.611. The molecule has 0 aliphatic rings. The highest BCUT2D eigenvalue weighted by atomic mass is 16.6. The Morgan fingerprint density at radius 1 is 0.960 bits per heavy atom. The minimum Gasteiger partial charge on any atom is -0.497 e. The molecule has 2 rings (SSSR count). The number of carbonyl (C=O) groups is 2. The van der Waals surface area contributed by atoms with Crippen LogP contribution < -0.4 is 4.74 Å². The molecule has 2 aromatic rings. The lowest BCUT2D eigenvalue weighted by Gasteiger charge is -2.21. The van der Waals surface area contributed by atoms with E-state index >= 15 is 0 Å². The number of carbonyl (C=O) groups excluding carboxylic acids is 2. The number of methoxy groups -OCH3 is 1. The molecule has 0 amide bonds. The Balaban J connectivity index is 1.93. The van der Waals surface area contributed by atoms with Crippen LogP contribution in [0.3, 0.4) is 0 Å². The first-order chi connectivity index (χ1) is 12.3. The highest BCUT2D eigenvalue weighted by molar-refractivity contribution is 5.57. The summed E-state index contributed by atoms with van der Waals surface area (Å²) in [5.41, 5.74) is 2.02. The van der Waals surface area contributed by atoms with E-state index in [1.807, 2.05) is 54.6 Å². The Bertz CT molecular complexity index is 639. The first-order valence-electron chi connectivity index (χ1n) is 8.09. The Morgan fingerprint density at radius 2 is 1.68 bits per heavy atom. The Kier molecular flexibility index (Phi) is 7.66. The number of hydrogen-bond donors (Lipinski definition) is 0. The molecule has 0 N–H and O–H groups in total. The number of aldehydes is 1. The maximum Gasteiger partial charge on any atom is 0.293 e. The molecular formula is C20H22O5. The zero-order chi connectivity index (χ0) is 17.9. The first kappa shape index (κ1) is 18.7. The fourth-order valence-electron chi connectivity index (χ4n) is 2.48. The summed E-state index contributed by atoms with van der Waals surface area (Å²) in [4.78, 5) is 22.2. The standard InChI is InChI=1S/C20H22O5/c1-23-18-10-7-17(8-11-18)14-24-20(13-21)19(25-15-22)12-9-16-5-3-2-4-6-16/h2-8,10-11,13,15,19-20H,9,12,14H2,1H3/t19-,20-/m1/s1. The molecule has 0 heterocycles. The van der Waals surface area contributed by atoms with Crippen molar-refractivity contribution >= 4 is 12.8 Å². The molecule has 132 valence electrons. The Morgan fingerprint density at radius 3 is 2.28 bits per heavy atom. The lowest BCUT2D eigenvalue weighted by Crippen LogP contribution is -2.33. The number of benzene rings is 2. The molecule has 2 atom stereocenters. The highest BCUT2D eigenvalue weighted by Crippen LogP contribution is 2.15. The summed E-state index contributed by atoms with van der Waals surface area (Å²) in [7, 11) is 1.60. The van der Waals surface area contributed by atoms with Crippen molar-refractivity contribution in [2.45, 2.75) is 31.7 Å². The third-order valence-electron chi connectivity index (χ3n) is 3.89. The van der Waals surface area contributed by atoms with Crippen LogP contribution in [0.1, 0.15) is 17.5 Å². The van der Waals surface area contributed by atoms with Crippen LogP contribution in [0.4, 0.5) is 0 Å². The number of hydrogen-bond acceptors (Lipinski definition) is 5. The fraction of sp³-hybridized carbons (Fsp3) is 0.300. The van der Waals surface area contributed by atoms with Crippen LogP contribution in [0.2, 0.25) is 0 Å². The number of aryl methyl sites for hydroxylation is 1. The van der Waals surface area contributed by atoms with E-state index in [9.17, 15) is 9.59 Å². The molecule has 25 heavy (non-hydrogen) atoms. The molecule has 0 bridgehead atoms. The van der Waals surface area contributed by atoms with E-state index in [2.05, 4.69) is 0 Å². The highest BCUT2D eigenvalue weighted by Gasteiger charge is 2.23. The minimum absolute atomic E-state index is 0.247. The fourth-order valence-corrected chi connectivity index (χ4v) is 2.48. The van der Waals surface area contributed by atoms with Gasteiger partial charge in [-0.3, -0.25) is 4.79 Å². The van der Waals surface area contributed by atoms with Gasteiger partial charge in [0.15, 0.2) is 6.29 Å². The second-order valence-electron chi connectivity index (χ2n) is 5.55. The maximum absolute atomic E-state index is 11.4. The van der Waals surface area contributed by atoms with E-state index < -0.39 is 12.2 Å². The second kappa shape index (κ2) is 10.3. The van der Waals surface area contributed by atoms with Gasteiger partial charge in [0.1, 0.15) is 18.0 Å². The van der Waals surface area contributed by atoms with Gasteiger partial charge in [-0.2, -0.15) is 0 Å². The molecule has 0 unspecified atom stereocenters. The van der Waals surface area contributed by atoms with Crippen LogP contribution in [0.5, 0.6) is 5.75 Å². The SMILES string of the molecule is COc1ccc(CO[C@H](C=O)[C@@H](CCc2ccccc2)OC=O)cc1. The second-order valence-corrected chi connectivity index (χ2v) is 5.55. The predicted octanol–water partition coefficient (Wildman–Crippen LogP) is 2.95. The summed E-state index contributed by atoms with van der Waals surface area (Å²) >= 11 is 0. The van der Waals surface area contributed by atoms with Crippen LogP contribution in [-0.4, -0.2) is 32.1 Å².